The van der Waals surface area contributed by atoms with Gasteiger partial charge >= 0.3 is 5.97 Å². The fraction of sp³-hybridized carbons (Fsp3) is 0.306. The Hall–Kier alpha value is -4.53. The van der Waals surface area contributed by atoms with Crippen molar-refractivity contribution in [3.63, 3.8) is 0 Å². The van der Waals surface area contributed by atoms with E-state index in [1.165, 1.54) is 12.7 Å². The molecule has 0 radical (unpaired) electrons. The molecule has 0 bridgehead atoms. The predicted octanol–water partition coefficient (Wildman–Crippen LogP) is 6.53. The molecule has 8 nitrogen and oxygen atoms in total. The summed E-state index contributed by atoms with van der Waals surface area (Å²) in [6, 6.07) is 26.1. The van der Waals surface area contributed by atoms with Gasteiger partial charge in [0.1, 0.15) is 12.4 Å². The van der Waals surface area contributed by atoms with Crippen molar-refractivity contribution in [3.8, 4) is 5.75 Å². The molecule has 2 heterocycles. The second-order valence-corrected chi connectivity index (χ2v) is 11.2. The van der Waals surface area contributed by atoms with E-state index < -0.39 is 5.97 Å². The second kappa shape index (κ2) is 14.8. The zero-order valence-electron chi connectivity index (χ0n) is 25.4. The Kier molecular flexibility index (Phi) is 10.4. The van der Waals surface area contributed by atoms with E-state index in [9.17, 15) is 14.7 Å². The second-order valence-electron chi connectivity index (χ2n) is 11.2. The van der Waals surface area contributed by atoms with Crippen LogP contribution in [-0.4, -0.2) is 58.6 Å². The highest BCUT2D eigenvalue weighted by Gasteiger charge is 2.22. The van der Waals surface area contributed by atoms with Crippen LogP contribution in [0.25, 0.3) is 21.8 Å². The van der Waals surface area contributed by atoms with Crippen molar-refractivity contribution in [2.75, 3.05) is 27.2 Å². The van der Waals surface area contributed by atoms with Crippen molar-refractivity contribution in [2.45, 2.75) is 45.4 Å². The molecule has 0 fully saturated rings. The van der Waals surface area contributed by atoms with E-state index in [1.54, 1.807) is 6.20 Å². The molecule has 8 heteroatoms. The quantitative estimate of drug-likeness (QED) is 0.130. The molecule has 0 saturated heterocycles. The Labute approximate surface area is 257 Å². The van der Waals surface area contributed by atoms with Crippen LogP contribution in [0.4, 0.5) is 0 Å². The molecule has 44 heavy (non-hydrogen) atoms. The first-order chi connectivity index (χ1) is 21.4. The van der Waals surface area contributed by atoms with Crippen LogP contribution >= 0.6 is 0 Å². The molecule has 228 valence electrons. The normalized spacial score (nSPS) is 11.4. The van der Waals surface area contributed by atoms with Gasteiger partial charge in [-0.25, -0.2) is 9.78 Å². The van der Waals surface area contributed by atoms with Crippen molar-refractivity contribution in [2.24, 2.45) is 0 Å². The van der Waals surface area contributed by atoms with Gasteiger partial charge in [0.2, 0.25) is 0 Å². The number of likely N-dealkylation sites (N-methyl/N-ethyl adjacent to an activating group) is 1. The predicted molar refractivity (Wildman–Crippen MR) is 172 cm³/mol. The number of Topliss-reactive ketones (excluding diaryl/α,β-unsaturated/α-hetero) is 1. The number of unbranched alkanes of at least 4 members (excludes halogenated alkanes) is 1. The van der Waals surface area contributed by atoms with Gasteiger partial charge in [-0.15, -0.1) is 0 Å². The number of aromatic nitrogens is 2. The lowest BCUT2D eigenvalue weighted by molar-refractivity contribution is -0.119. The number of ether oxygens (including phenoxy) is 2. The Bertz CT molecular complexity index is 1720. The maximum Gasteiger partial charge on any atom is 0.354 e. The van der Waals surface area contributed by atoms with E-state index >= 15 is 0 Å². The van der Waals surface area contributed by atoms with Crippen LogP contribution in [0.2, 0.25) is 0 Å². The molecule has 0 aliphatic carbocycles. The molecule has 3 aromatic carbocycles. The third-order valence-corrected chi connectivity index (χ3v) is 7.92. The summed E-state index contributed by atoms with van der Waals surface area (Å²) >= 11 is 0. The fourth-order valence-corrected chi connectivity index (χ4v) is 5.63. The molecule has 5 aromatic rings. The molecule has 1 N–H and O–H groups in total. The SMILES string of the molecule is COCc1c(C(=O)O)ncc2c1c1cc(OCc3ccccc3)ccc1n2CC(=O)CCCCN(C)CCc1ccccc1. The number of aromatic carboxylic acids is 1. The molecular formula is C36H39N3O5. The first kappa shape index (κ1) is 30.9. The lowest BCUT2D eigenvalue weighted by Gasteiger charge is -2.16. The van der Waals surface area contributed by atoms with Crippen LogP contribution < -0.4 is 4.74 Å². The number of hydrogen-bond acceptors (Lipinski definition) is 6. The highest BCUT2D eigenvalue weighted by atomic mass is 16.5. The standard InChI is InChI=1S/C36H39N3O5/c1-38(20-18-26-11-5-3-6-12-26)19-10-9-15-28(40)23-39-32-17-16-29(44-24-27-13-7-4-8-14-27)21-30(32)34-31(25-43-2)35(36(41)42)37-22-33(34)39/h3-8,11-14,16-17,21-22H,9-10,15,18-20,23-25H2,1-2H3,(H,41,42). The minimum Gasteiger partial charge on any atom is -0.489 e. The van der Waals surface area contributed by atoms with Gasteiger partial charge in [-0.05, 0) is 62.2 Å². The summed E-state index contributed by atoms with van der Waals surface area (Å²) in [5.41, 5.74) is 4.31. The van der Waals surface area contributed by atoms with Gasteiger partial charge in [-0.2, -0.15) is 0 Å². The number of benzene rings is 3. The topological polar surface area (TPSA) is 93.9 Å². The average molecular weight is 594 g/mol. The van der Waals surface area contributed by atoms with Gasteiger partial charge < -0.3 is 24.0 Å². The van der Waals surface area contributed by atoms with Crippen molar-refractivity contribution in [1.29, 1.82) is 0 Å². The van der Waals surface area contributed by atoms with Crippen molar-refractivity contribution in [3.05, 3.63) is 107 Å². The Morgan fingerprint density at radius 1 is 0.886 bits per heavy atom. The average Bonchev–Trinajstić information content (AvgIpc) is 3.35. The first-order valence-corrected chi connectivity index (χ1v) is 15.0. The van der Waals surface area contributed by atoms with Gasteiger partial charge in [0, 0.05) is 41.9 Å². The summed E-state index contributed by atoms with van der Waals surface area (Å²) in [6.45, 7) is 2.56. The van der Waals surface area contributed by atoms with Gasteiger partial charge in [0.25, 0.3) is 0 Å². The van der Waals surface area contributed by atoms with E-state index in [-0.39, 0.29) is 24.6 Å². The van der Waals surface area contributed by atoms with E-state index in [1.807, 2.05) is 59.2 Å². The molecule has 0 aliphatic rings. The monoisotopic (exact) mass is 593 g/mol. The van der Waals surface area contributed by atoms with Crippen molar-refractivity contribution in [1.82, 2.24) is 14.5 Å². The first-order valence-electron chi connectivity index (χ1n) is 15.0. The Morgan fingerprint density at radius 3 is 2.32 bits per heavy atom. The molecule has 0 aliphatic heterocycles. The number of carboxylic acid groups (broad SMARTS) is 1. The summed E-state index contributed by atoms with van der Waals surface area (Å²) in [6.07, 6.45) is 4.77. The number of nitrogens with zero attached hydrogens (tertiary/aromatic N) is 3. The highest BCUT2D eigenvalue weighted by molar-refractivity contribution is 6.12. The van der Waals surface area contributed by atoms with Crippen LogP contribution in [0, 0.1) is 0 Å². The number of ketones is 1. The number of pyridine rings is 1. The number of rotatable bonds is 16. The maximum atomic E-state index is 13.3. The van der Waals surface area contributed by atoms with E-state index in [4.69, 9.17) is 9.47 Å². The number of methoxy groups -OCH3 is 1. The molecule has 2 aromatic heterocycles. The smallest absolute Gasteiger partial charge is 0.354 e. The minimum absolute atomic E-state index is 0.0586. The fourth-order valence-electron chi connectivity index (χ4n) is 5.63. The molecule has 0 saturated carbocycles. The summed E-state index contributed by atoms with van der Waals surface area (Å²) in [4.78, 5) is 31.9. The highest BCUT2D eigenvalue weighted by Crippen LogP contribution is 2.35. The molecule has 0 atom stereocenters. The summed E-state index contributed by atoms with van der Waals surface area (Å²) in [5.74, 6) is -0.350. The summed E-state index contributed by atoms with van der Waals surface area (Å²) in [7, 11) is 3.65. The van der Waals surface area contributed by atoms with Crippen LogP contribution in [0.5, 0.6) is 5.75 Å². The number of hydrogen-bond donors (Lipinski definition) is 1. The third kappa shape index (κ3) is 7.51. The summed E-state index contributed by atoms with van der Waals surface area (Å²) < 4.78 is 13.5. The van der Waals surface area contributed by atoms with Gasteiger partial charge in [-0.1, -0.05) is 60.7 Å². The van der Waals surface area contributed by atoms with Gasteiger partial charge in [-0.3, -0.25) is 4.79 Å². The molecule has 0 amide bonds. The molecule has 0 spiro atoms. The zero-order valence-corrected chi connectivity index (χ0v) is 25.4. The number of carboxylic acids is 1. The van der Waals surface area contributed by atoms with E-state index in [2.05, 4.69) is 41.2 Å². The van der Waals surface area contributed by atoms with Crippen LogP contribution in [-0.2, 0) is 35.7 Å². The van der Waals surface area contributed by atoms with Gasteiger partial charge in [0.05, 0.1) is 24.9 Å². The third-order valence-electron chi connectivity index (χ3n) is 7.92. The number of carbonyl (C=O) groups is 2. The largest absolute Gasteiger partial charge is 0.489 e. The summed E-state index contributed by atoms with van der Waals surface area (Å²) in [5, 5.41) is 11.4. The van der Waals surface area contributed by atoms with Gasteiger partial charge in [0.15, 0.2) is 11.5 Å². The maximum absolute atomic E-state index is 13.3. The Balaban J connectivity index is 1.33. The molecular weight excluding hydrogens is 554 g/mol. The lowest BCUT2D eigenvalue weighted by Crippen LogP contribution is -2.22. The number of carbonyl (C=O) groups excluding carboxylic acids is 1. The van der Waals surface area contributed by atoms with E-state index in [0.717, 1.165) is 48.8 Å². The molecule has 0 unspecified atom stereocenters. The zero-order chi connectivity index (χ0) is 30.9. The van der Waals surface area contributed by atoms with Crippen LogP contribution in [0.1, 0.15) is 46.4 Å². The van der Waals surface area contributed by atoms with E-state index in [0.29, 0.717) is 35.2 Å². The van der Waals surface area contributed by atoms with Crippen molar-refractivity contribution < 1.29 is 24.2 Å². The van der Waals surface area contributed by atoms with Crippen molar-refractivity contribution >= 4 is 33.6 Å². The van der Waals surface area contributed by atoms with Crippen LogP contribution in [0.3, 0.4) is 0 Å². The Morgan fingerprint density at radius 2 is 1.61 bits per heavy atom. The minimum atomic E-state index is -1.12. The number of fused-ring (bicyclic) bond motifs is 3. The van der Waals surface area contributed by atoms with Crippen LogP contribution in [0.15, 0.2) is 85.1 Å². The molecule has 5 rings (SSSR count). The lowest BCUT2D eigenvalue weighted by atomic mass is 10.1.